The van der Waals surface area contributed by atoms with Gasteiger partial charge in [0, 0.05) is 25.7 Å². The number of unbranched alkanes of at least 4 members (excludes halogenated alkanes) is 1. The summed E-state index contributed by atoms with van der Waals surface area (Å²) in [5, 5.41) is 23.5. The number of nitro groups is 1. The summed E-state index contributed by atoms with van der Waals surface area (Å²) in [6.45, 7) is 3.78. The van der Waals surface area contributed by atoms with E-state index in [9.17, 15) is 18.5 Å². The number of nitrogens with zero attached hydrogens (tertiary/aromatic N) is 4. The van der Waals surface area contributed by atoms with Crippen molar-refractivity contribution < 1.29 is 13.3 Å². The van der Waals surface area contributed by atoms with Crippen LogP contribution in [0.3, 0.4) is 0 Å². The molecule has 29 heavy (non-hydrogen) atoms. The molecule has 1 aliphatic heterocycles. The first-order chi connectivity index (χ1) is 13.9. The predicted octanol–water partition coefficient (Wildman–Crippen LogP) is 3.98. The zero-order valence-corrected chi connectivity index (χ0v) is 18.5. The number of benzene rings is 1. The molecule has 1 saturated heterocycles. The summed E-state index contributed by atoms with van der Waals surface area (Å²) in [5.74, 6) is 0. The Morgan fingerprint density at radius 3 is 2.72 bits per heavy atom. The molecular formula is C17H23N5O4S3. The molecule has 0 saturated carbocycles. The SMILES string of the molecule is CCCCNc1nnc(Sc2ccc(S(=O)(=O)N3CCCCC3)cc2[N+](=O)[O-])s1. The van der Waals surface area contributed by atoms with Gasteiger partial charge in [-0.05, 0) is 43.2 Å². The zero-order chi connectivity index (χ0) is 20.9. The minimum Gasteiger partial charge on any atom is -0.360 e. The first-order valence-electron chi connectivity index (χ1n) is 9.45. The first kappa shape index (κ1) is 21.9. The Hall–Kier alpha value is -1.76. The molecule has 1 aromatic carbocycles. The standard InChI is InChI=1S/C17H23N5O4S3/c1-2-3-9-18-16-19-20-17(28-16)27-15-8-7-13(12-14(15)22(23)24)29(25,26)21-10-5-4-6-11-21/h7-8,12H,2-6,9-11H2,1H3,(H,18,19). The van der Waals surface area contributed by atoms with Crippen molar-refractivity contribution >= 4 is 43.9 Å². The number of nitrogens with one attached hydrogen (secondary N) is 1. The fourth-order valence-electron chi connectivity index (χ4n) is 2.93. The van der Waals surface area contributed by atoms with Gasteiger partial charge in [0.25, 0.3) is 5.69 Å². The van der Waals surface area contributed by atoms with E-state index in [-0.39, 0.29) is 10.6 Å². The third-order valence-corrected chi connectivity index (χ3v) is 8.38. The number of piperidine rings is 1. The number of hydrogen-bond donors (Lipinski definition) is 1. The lowest BCUT2D eigenvalue weighted by Gasteiger charge is -2.25. The lowest BCUT2D eigenvalue weighted by atomic mass is 10.2. The van der Waals surface area contributed by atoms with Crippen LogP contribution in [-0.4, -0.2) is 47.5 Å². The second kappa shape index (κ2) is 9.83. The Labute approximate surface area is 178 Å². The normalized spacial score (nSPS) is 15.3. The van der Waals surface area contributed by atoms with E-state index in [0.29, 0.717) is 27.5 Å². The summed E-state index contributed by atoms with van der Waals surface area (Å²) >= 11 is 2.42. The van der Waals surface area contributed by atoms with Crippen LogP contribution in [0.5, 0.6) is 0 Å². The minimum absolute atomic E-state index is 0.0466. The molecule has 0 bridgehead atoms. The van der Waals surface area contributed by atoms with Gasteiger partial charge in [0.1, 0.15) is 0 Å². The van der Waals surface area contributed by atoms with Crippen molar-refractivity contribution in [3.63, 3.8) is 0 Å². The van der Waals surface area contributed by atoms with Crippen LogP contribution in [0.2, 0.25) is 0 Å². The van der Waals surface area contributed by atoms with E-state index in [1.54, 1.807) is 0 Å². The van der Waals surface area contributed by atoms with Crippen LogP contribution in [0.15, 0.2) is 32.3 Å². The van der Waals surface area contributed by atoms with Crippen molar-refractivity contribution in [1.82, 2.24) is 14.5 Å². The maximum absolute atomic E-state index is 12.8. The highest BCUT2D eigenvalue weighted by atomic mass is 32.2. The van der Waals surface area contributed by atoms with Crippen LogP contribution in [0.25, 0.3) is 0 Å². The van der Waals surface area contributed by atoms with E-state index >= 15 is 0 Å². The largest absolute Gasteiger partial charge is 0.360 e. The van der Waals surface area contributed by atoms with Crippen molar-refractivity contribution in [3.05, 3.63) is 28.3 Å². The fourth-order valence-corrected chi connectivity index (χ4v) is 6.29. The zero-order valence-electron chi connectivity index (χ0n) is 16.0. The summed E-state index contributed by atoms with van der Waals surface area (Å²) < 4.78 is 27.6. The number of rotatable bonds is 9. The van der Waals surface area contributed by atoms with Crippen molar-refractivity contribution in [3.8, 4) is 0 Å². The molecule has 9 nitrogen and oxygen atoms in total. The molecule has 2 aromatic rings. The summed E-state index contributed by atoms with van der Waals surface area (Å²) in [6.07, 6.45) is 4.69. The third-order valence-electron chi connectivity index (χ3n) is 4.49. The van der Waals surface area contributed by atoms with Gasteiger partial charge >= 0.3 is 0 Å². The Bertz CT molecular complexity index is 958. The number of anilines is 1. The van der Waals surface area contributed by atoms with Crippen LogP contribution in [0.1, 0.15) is 39.0 Å². The molecule has 158 valence electrons. The van der Waals surface area contributed by atoms with Crippen molar-refractivity contribution in [2.24, 2.45) is 0 Å². The molecule has 1 fully saturated rings. The van der Waals surface area contributed by atoms with Gasteiger partial charge in [-0.25, -0.2) is 8.42 Å². The summed E-state index contributed by atoms with van der Waals surface area (Å²) in [6, 6.07) is 4.06. The van der Waals surface area contributed by atoms with Crippen molar-refractivity contribution in [1.29, 1.82) is 0 Å². The monoisotopic (exact) mass is 457 g/mol. The van der Waals surface area contributed by atoms with E-state index in [0.717, 1.165) is 56.5 Å². The Balaban J connectivity index is 1.80. The van der Waals surface area contributed by atoms with Crippen LogP contribution in [-0.2, 0) is 10.0 Å². The molecule has 1 aliphatic rings. The average Bonchev–Trinajstić information content (AvgIpc) is 3.16. The second-order valence-electron chi connectivity index (χ2n) is 6.61. The quantitative estimate of drug-likeness (QED) is 0.341. The van der Waals surface area contributed by atoms with E-state index in [4.69, 9.17) is 0 Å². The van der Waals surface area contributed by atoms with Gasteiger partial charge in [-0.15, -0.1) is 10.2 Å². The molecule has 0 aliphatic carbocycles. The Kier molecular flexibility index (Phi) is 7.44. The summed E-state index contributed by atoms with van der Waals surface area (Å²) in [7, 11) is -3.73. The van der Waals surface area contributed by atoms with Crippen molar-refractivity contribution in [2.45, 2.75) is 53.2 Å². The van der Waals surface area contributed by atoms with Gasteiger partial charge in [-0.1, -0.05) is 31.1 Å². The smallest absolute Gasteiger partial charge is 0.284 e. The minimum atomic E-state index is -3.73. The number of sulfonamides is 1. The van der Waals surface area contributed by atoms with Gasteiger partial charge in [-0.3, -0.25) is 10.1 Å². The average molecular weight is 458 g/mol. The molecule has 1 aromatic heterocycles. The number of hydrogen-bond acceptors (Lipinski definition) is 9. The highest BCUT2D eigenvalue weighted by molar-refractivity contribution is 8.01. The highest BCUT2D eigenvalue weighted by Crippen LogP contribution is 2.38. The van der Waals surface area contributed by atoms with Crippen LogP contribution >= 0.6 is 23.1 Å². The molecule has 0 amide bonds. The van der Waals surface area contributed by atoms with E-state index in [1.807, 2.05) is 0 Å². The van der Waals surface area contributed by atoms with Gasteiger partial charge in [0.05, 0.1) is 14.7 Å². The van der Waals surface area contributed by atoms with E-state index < -0.39 is 14.9 Å². The van der Waals surface area contributed by atoms with Crippen molar-refractivity contribution in [2.75, 3.05) is 25.0 Å². The summed E-state index contributed by atoms with van der Waals surface area (Å²) in [4.78, 5) is 11.3. The molecule has 0 radical (unpaired) electrons. The highest BCUT2D eigenvalue weighted by Gasteiger charge is 2.29. The van der Waals surface area contributed by atoms with Crippen LogP contribution < -0.4 is 5.32 Å². The topological polar surface area (TPSA) is 118 Å². The number of aromatic nitrogens is 2. The lowest BCUT2D eigenvalue weighted by molar-refractivity contribution is -0.388. The fraction of sp³-hybridized carbons (Fsp3) is 0.529. The Morgan fingerprint density at radius 1 is 1.28 bits per heavy atom. The van der Waals surface area contributed by atoms with E-state index in [1.165, 1.54) is 27.8 Å². The van der Waals surface area contributed by atoms with Gasteiger partial charge in [0.2, 0.25) is 15.2 Å². The third kappa shape index (κ3) is 5.44. The first-order valence-corrected chi connectivity index (χ1v) is 12.5. The molecule has 0 atom stereocenters. The van der Waals surface area contributed by atoms with Gasteiger partial charge in [0.15, 0.2) is 4.34 Å². The molecule has 3 rings (SSSR count). The lowest BCUT2D eigenvalue weighted by Crippen LogP contribution is -2.35. The maximum atomic E-state index is 12.8. The maximum Gasteiger partial charge on any atom is 0.284 e. The van der Waals surface area contributed by atoms with Crippen LogP contribution in [0, 0.1) is 10.1 Å². The van der Waals surface area contributed by atoms with E-state index in [2.05, 4.69) is 22.4 Å². The Morgan fingerprint density at radius 2 is 2.03 bits per heavy atom. The molecule has 12 heteroatoms. The second-order valence-corrected chi connectivity index (χ2v) is 10.8. The van der Waals surface area contributed by atoms with Gasteiger partial charge < -0.3 is 5.32 Å². The number of nitro benzene ring substituents is 1. The summed E-state index contributed by atoms with van der Waals surface area (Å²) in [5.41, 5.74) is -0.247. The van der Waals surface area contributed by atoms with Gasteiger partial charge in [-0.2, -0.15) is 4.31 Å². The molecule has 1 N–H and O–H groups in total. The predicted molar refractivity (Wildman–Crippen MR) is 113 cm³/mol. The van der Waals surface area contributed by atoms with Crippen LogP contribution in [0.4, 0.5) is 10.8 Å². The molecule has 2 heterocycles. The molecule has 0 unspecified atom stereocenters. The molecule has 0 spiro atoms. The molecular weight excluding hydrogens is 434 g/mol.